The summed E-state index contributed by atoms with van der Waals surface area (Å²) in [4.78, 5) is 28.0. The molecule has 1 heterocycles. The van der Waals surface area contributed by atoms with Gasteiger partial charge in [0.15, 0.2) is 6.10 Å². The summed E-state index contributed by atoms with van der Waals surface area (Å²) >= 11 is 6.51. The molecule has 0 bridgehead atoms. The van der Waals surface area contributed by atoms with E-state index in [1.165, 1.54) is 4.90 Å². The number of carbonyl (C=O) groups is 2. The lowest BCUT2D eigenvalue weighted by Gasteiger charge is -2.38. The first-order valence-electron chi connectivity index (χ1n) is 13.3. The van der Waals surface area contributed by atoms with Gasteiger partial charge in [-0.15, -0.1) is 0 Å². The van der Waals surface area contributed by atoms with E-state index in [1.807, 2.05) is 66.7 Å². The van der Waals surface area contributed by atoms with Crippen molar-refractivity contribution in [3.05, 3.63) is 100 Å². The molecule has 2 aliphatic rings. The molecule has 1 unspecified atom stereocenters. The quantitative estimate of drug-likeness (QED) is 0.395. The molecule has 2 N–H and O–H groups in total. The summed E-state index contributed by atoms with van der Waals surface area (Å²) in [5.41, 5.74) is 3.13. The SMILES string of the molecule is O=C(O)[C@@H]1Cc2c(ccc(Cl)c2OCc2ccccc2)CN1C(=O)C(O[C@H]1CC[C@@H](O)CC1)c1ccccc1. The van der Waals surface area contributed by atoms with Crippen LogP contribution in [0.5, 0.6) is 5.75 Å². The van der Waals surface area contributed by atoms with Crippen LogP contribution in [0.25, 0.3) is 0 Å². The average molecular weight is 550 g/mol. The number of rotatable bonds is 8. The highest BCUT2D eigenvalue weighted by Gasteiger charge is 2.40. The van der Waals surface area contributed by atoms with E-state index in [-0.39, 0.29) is 31.8 Å². The number of carboxylic acid groups (broad SMARTS) is 1. The van der Waals surface area contributed by atoms with Crippen LogP contribution >= 0.6 is 11.6 Å². The second-order valence-electron chi connectivity index (χ2n) is 10.2. The number of carbonyl (C=O) groups excluding carboxylic acids is 1. The van der Waals surface area contributed by atoms with E-state index in [9.17, 15) is 19.8 Å². The lowest BCUT2D eigenvalue weighted by atomic mass is 9.91. The van der Waals surface area contributed by atoms with Gasteiger partial charge in [-0.1, -0.05) is 78.3 Å². The molecule has 0 saturated heterocycles. The standard InChI is InChI=1S/C31H32ClNO6/c32-26-16-11-22-18-33(27(31(36)37)17-25(22)29(26)38-19-20-7-3-1-4-8-20)30(35)28(21-9-5-2-6-10-21)39-24-14-12-23(34)13-15-24/h1-11,16,23-24,27-28,34H,12-15,17-19H2,(H,36,37)/t23-,24+,27-,28?/m0/s1. The number of aliphatic hydroxyl groups excluding tert-OH is 1. The summed E-state index contributed by atoms with van der Waals surface area (Å²) in [6, 6.07) is 21.3. The smallest absolute Gasteiger partial charge is 0.326 e. The molecule has 1 amide bonds. The van der Waals surface area contributed by atoms with E-state index in [4.69, 9.17) is 21.1 Å². The van der Waals surface area contributed by atoms with Crippen LogP contribution < -0.4 is 4.74 Å². The van der Waals surface area contributed by atoms with E-state index < -0.39 is 24.0 Å². The van der Waals surface area contributed by atoms with Crippen molar-refractivity contribution in [1.82, 2.24) is 4.90 Å². The van der Waals surface area contributed by atoms with Gasteiger partial charge in [0.25, 0.3) is 5.91 Å². The molecule has 204 valence electrons. The summed E-state index contributed by atoms with van der Waals surface area (Å²) in [6.45, 7) is 0.386. The second-order valence-corrected chi connectivity index (χ2v) is 10.6. The number of hydrogen-bond acceptors (Lipinski definition) is 5. The Bertz CT molecular complexity index is 1290. The number of aliphatic carboxylic acids is 1. The number of carboxylic acids is 1. The molecule has 39 heavy (non-hydrogen) atoms. The van der Waals surface area contributed by atoms with Gasteiger partial charge in [0, 0.05) is 18.5 Å². The molecule has 5 rings (SSSR count). The molecular weight excluding hydrogens is 518 g/mol. The minimum Gasteiger partial charge on any atom is -0.487 e. The van der Waals surface area contributed by atoms with Gasteiger partial charge in [-0.3, -0.25) is 4.79 Å². The maximum Gasteiger partial charge on any atom is 0.326 e. The first kappa shape index (κ1) is 27.2. The van der Waals surface area contributed by atoms with Crippen LogP contribution in [0.15, 0.2) is 72.8 Å². The average Bonchev–Trinajstić information content (AvgIpc) is 2.96. The molecule has 1 saturated carbocycles. The van der Waals surface area contributed by atoms with E-state index >= 15 is 0 Å². The van der Waals surface area contributed by atoms with Crippen LogP contribution in [0.2, 0.25) is 5.02 Å². The second kappa shape index (κ2) is 12.2. The first-order valence-corrected chi connectivity index (χ1v) is 13.7. The third-order valence-electron chi connectivity index (χ3n) is 7.52. The maximum atomic E-state index is 14.1. The molecule has 0 aromatic heterocycles. The fourth-order valence-corrected chi connectivity index (χ4v) is 5.61. The zero-order valence-electron chi connectivity index (χ0n) is 21.5. The molecule has 8 heteroatoms. The summed E-state index contributed by atoms with van der Waals surface area (Å²) in [5.74, 6) is -1.05. The fourth-order valence-electron chi connectivity index (χ4n) is 5.38. The van der Waals surface area contributed by atoms with Crippen LogP contribution in [0, 0.1) is 0 Å². The highest BCUT2D eigenvalue weighted by Crippen LogP contribution is 2.39. The van der Waals surface area contributed by atoms with Crippen LogP contribution in [-0.2, 0) is 33.9 Å². The van der Waals surface area contributed by atoms with Crippen molar-refractivity contribution in [2.75, 3.05) is 0 Å². The Kier molecular flexibility index (Phi) is 8.50. The highest BCUT2D eigenvalue weighted by atomic mass is 35.5. The van der Waals surface area contributed by atoms with Crippen molar-refractivity contribution < 1.29 is 29.3 Å². The molecule has 7 nitrogen and oxygen atoms in total. The van der Waals surface area contributed by atoms with Gasteiger partial charge in [0.05, 0.1) is 17.2 Å². The number of ether oxygens (including phenoxy) is 2. The monoisotopic (exact) mass is 549 g/mol. The summed E-state index contributed by atoms with van der Waals surface area (Å²) in [6.07, 6.45) is 1.08. The third kappa shape index (κ3) is 6.27. The minimum absolute atomic E-state index is 0.0677. The Balaban J connectivity index is 1.43. The zero-order valence-corrected chi connectivity index (χ0v) is 22.3. The summed E-state index contributed by atoms with van der Waals surface area (Å²) < 4.78 is 12.4. The Morgan fingerprint density at radius 2 is 1.62 bits per heavy atom. The van der Waals surface area contributed by atoms with E-state index in [2.05, 4.69) is 0 Å². The molecule has 1 fully saturated rings. The Morgan fingerprint density at radius 3 is 2.28 bits per heavy atom. The molecule has 0 spiro atoms. The lowest BCUT2D eigenvalue weighted by molar-refractivity contribution is -0.161. The number of nitrogens with zero attached hydrogens (tertiary/aromatic N) is 1. The number of aliphatic hydroxyl groups is 1. The minimum atomic E-state index is -1.11. The van der Waals surface area contributed by atoms with Gasteiger partial charge in [0.2, 0.25) is 0 Å². The molecular formula is C31H32ClNO6. The number of fused-ring (bicyclic) bond motifs is 1. The summed E-state index contributed by atoms with van der Waals surface area (Å²) in [5, 5.41) is 20.5. The normalized spacial score (nSPS) is 21.6. The van der Waals surface area contributed by atoms with E-state index in [0.717, 1.165) is 11.1 Å². The predicted octanol–water partition coefficient (Wildman–Crippen LogP) is 5.32. The fraction of sp³-hybridized carbons (Fsp3) is 0.355. The van der Waals surface area contributed by atoms with Gasteiger partial charge in [-0.2, -0.15) is 0 Å². The van der Waals surface area contributed by atoms with Crippen LogP contribution in [0.1, 0.15) is 54.0 Å². The Hall–Kier alpha value is -3.39. The van der Waals surface area contributed by atoms with Crippen molar-refractivity contribution in [1.29, 1.82) is 0 Å². The van der Waals surface area contributed by atoms with Gasteiger partial charge in [-0.05, 0) is 48.4 Å². The Labute approximate surface area is 232 Å². The Morgan fingerprint density at radius 1 is 0.949 bits per heavy atom. The molecule has 1 aliphatic heterocycles. The highest BCUT2D eigenvalue weighted by molar-refractivity contribution is 6.32. The van der Waals surface area contributed by atoms with E-state index in [0.29, 0.717) is 47.6 Å². The van der Waals surface area contributed by atoms with Crippen LogP contribution in [0.4, 0.5) is 0 Å². The molecule has 3 aromatic carbocycles. The van der Waals surface area contributed by atoms with Gasteiger partial charge >= 0.3 is 5.97 Å². The molecule has 1 aliphatic carbocycles. The maximum absolute atomic E-state index is 14.1. The van der Waals surface area contributed by atoms with Gasteiger partial charge < -0.3 is 24.6 Å². The number of benzene rings is 3. The lowest BCUT2D eigenvalue weighted by Crippen LogP contribution is -2.51. The molecule has 3 aromatic rings. The van der Waals surface area contributed by atoms with Crippen molar-refractivity contribution in [3.8, 4) is 5.75 Å². The topological polar surface area (TPSA) is 96.3 Å². The van der Waals surface area contributed by atoms with Gasteiger partial charge in [-0.25, -0.2) is 4.79 Å². The molecule has 0 radical (unpaired) electrons. The molecule has 2 atom stereocenters. The van der Waals surface area contributed by atoms with Crippen molar-refractivity contribution in [3.63, 3.8) is 0 Å². The number of amides is 1. The van der Waals surface area contributed by atoms with Crippen LogP contribution in [0.3, 0.4) is 0 Å². The third-order valence-corrected chi connectivity index (χ3v) is 7.81. The first-order chi connectivity index (χ1) is 18.9. The van der Waals surface area contributed by atoms with E-state index in [1.54, 1.807) is 6.07 Å². The van der Waals surface area contributed by atoms with Crippen molar-refractivity contribution in [2.24, 2.45) is 0 Å². The number of halogens is 1. The van der Waals surface area contributed by atoms with Crippen molar-refractivity contribution in [2.45, 2.75) is 69.6 Å². The zero-order chi connectivity index (χ0) is 27.4. The van der Waals surface area contributed by atoms with Crippen molar-refractivity contribution >= 4 is 23.5 Å². The largest absolute Gasteiger partial charge is 0.487 e. The van der Waals surface area contributed by atoms with Crippen LogP contribution in [-0.4, -0.2) is 45.2 Å². The number of hydrogen-bond donors (Lipinski definition) is 2. The predicted molar refractivity (Wildman–Crippen MR) is 146 cm³/mol. The summed E-state index contributed by atoms with van der Waals surface area (Å²) in [7, 11) is 0. The van der Waals surface area contributed by atoms with Gasteiger partial charge in [0.1, 0.15) is 18.4 Å².